The molecule has 0 radical (unpaired) electrons. The molecule has 0 amide bonds. The van der Waals surface area contributed by atoms with E-state index in [1.54, 1.807) is 7.11 Å². The zero-order valence-electron chi connectivity index (χ0n) is 17.8. The Morgan fingerprint density at radius 1 is 0.906 bits per heavy atom. The topological polar surface area (TPSA) is 52.8 Å². The Morgan fingerprint density at radius 2 is 1.81 bits per heavy atom. The molecule has 4 heterocycles. The number of fused-ring (bicyclic) bond motifs is 2. The summed E-state index contributed by atoms with van der Waals surface area (Å²) in [6.07, 6.45) is 4.63. The summed E-state index contributed by atoms with van der Waals surface area (Å²) in [5.41, 5.74) is 7.65. The number of ether oxygens (including phenoxy) is 1. The molecule has 0 aliphatic carbocycles. The minimum Gasteiger partial charge on any atom is -0.497 e. The van der Waals surface area contributed by atoms with Gasteiger partial charge < -0.3 is 4.74 Å². The SMILES string of the molecule is COc1cccc(C2Cc3c(-c4ccnc5ccccc45)c(-c4ccccn4)nn3C2)c1. The lowest BCUT2D eigenvalue weighted by atomic mass is 9.92. The Hall–Kier alpha value is -3.99. The van der Waals surface area contributed by atoms with Crippen molar-refractivity contribution in [3.05, 3.63) is 96.4 Å². The van der Waals surface area contributed by atoms with Gasteiger partial charge >= 0.3 is 0 Å². The van der Waals surface area contributed by atoms with Gasteiger partial charge in [-0.25, -0.2) is 0 Å². The Morgan fingerprint density at radius 3 is 2.69 bits per heavy atom. The summed E-state index contributed by atoms with van der Waals surface area (Å²) in [5.74, 6) is 1.25. The van der Waals surface area contributed by atoms with Crippen LogP contribution in [0.2, 0.25) is 0 Å². The molecule has 0 saturated heterocycles. The van der Waals surface area contributed by atoms with Gasteiger partial charge in [0.2, 0.25) is 0 Å². The highest BCUT2D eigenvalue weighted by Gasteiger charge is 2.31. The zero-order valence-corrected chi connectivity index (χ0v) is 17.8. The summed E-state index contributed by atoms with van der Waals surface area (Å²) in [6, 6.07) is 24.7. The molecule has 2 aromatic carbocycles. The molecule has 0 fully saturated rings. The molecule has 0 bridgehead atoms. The van der Waals surface area contributed by atoms with E-state index >= 15 is 0 Å². The smallest absolute Gasteiger partial charge is 0.119 e. The van der Waals surface area contributed by atoms with E-state index in [0.29, 0.717) is 5.92 Å². The van der Waals surface area contributed by atoms with Crippen LogP contribution in [0.4, 0.5) is 0 Å². The normalized spacial score (nSPS) is 15.1. The molecule has 0 spiro atoms. The Bertz CT molecular complexity index is 1420. The van der Waals surface area contributed by atoms with Crippen LogP contribution in [-0.4, -0.2) is 26.9 Å². The minimum absolute atomic E-state index is 0.359. The summed E-state index contributed by atoms with van der Waals surface area (Å²) in [7, 11) is 1.71. The van der Waals surface area contributed by atoms with Crippen molar-refractivity contribution in [2.75, 3.05) is 7.11 Å². The predicted molar refractivity (Wildman–Crippen MR) is 126 cm³/mol. The van der Waals surface area contributed by atoms with Crippen LogP contribution in [-0.2, 0) is 13.0 Å². The van der Waals surface area contributed by atoms with E-state index in [4.69, 9.17) is 9.84 Å². The van der Waals surface area contributed by atoms with Crippen LogP contribution in [0.25, 0.3) is 33.4 Å². The number of aromatic nitrogens is 4. The van der Waals surface area contributed by atoms with Gasteiger partial charge in [-0.2, -0.15) is 5.10 Å². The van der Waals surface area contributed by atoms with Gasteiger partial charge in [-0.05, 0) is 53.9 Å². The van der Waals surface area contributed by atoms with Crippen LogP contribution < -0.4 is 4.74 Å². The van der Waals surface area contributed by atoms with E-state index < -0.39 is 0 Å². The lowest BCUT2D eigenvalue weighted by molar-refractivity contribution is 0.413. The Balaban J connectivity index is 1.53. The zero-order chi connectivity index (χ0) is 21.5. The van der Waals surface area contributed by atoms with E-state index in [9.17, 15) is 0 Å². The number of benzene rings is 2. The van der Waals surface area contributed by atoms with Gasteiger partial charge in [0.05, 0.1) is 18.3 Å². The van der Waals surface area contributed by atoms with Crippen molar-refractivity contribution in [3.8, 4) is 28.3 Å². The van der Waals surface area contributed by atoms with Crippen LogP contribution >= 0.6 is 0 Å². The first-order valence-electron chi connectivity index (χ1n) is 10.8. The van der Waals surface area contributed by atoms with Gasteiger partial charge in [0.25, 0.3) is 0 Å². The summed E-state index contributed by atoms with van der Waals surface area (Å²) >= 11 is 0. The van der Waals surface area contributed by atoms with E-state index in [1.807, 2.05) is 42.7 Å². The fourth-order valence-electron chi connectivity index (χ4n) is 4.76. The molecule has 1 atom stereocenters. The molecule has 1 aliphatic rings. The fraction of sp³-hybridized carbons (Fsp3) is 0.148. The third-order valence-corrected chi connectivity index (χ3v) is 6.28. The lowest BCUT2D eigenvalue weighted by Gasteiger charge is -2.12. The first-order valence-corrected chi connectivity index (χ1v) is 10.8. The highest BCUT2D eigenvalue weighted by atomic mass is 16.5. The van der Waals surface area contributed by atoms with Crippen molar-refractivity contribution in [2.24, 2.45) is 0 Å². The fourth-order valence-corrected chi connectivity index (χ4v) is 4.76. The number of para-hydroxylation sites is 1. The average molecular weight is 419 g/mol. The van der Waals surface area contributed by atoms with Crippen LogP contribution in [0.3, 0.4) is 0 Å². The van der Waals surface area contributed by atoms with E-state index in [-0.39, 0.29) is 0 Å². The van der Waals surface area contributed by atoms with Gasteiger partial charge in [0.1, 0.15) is 11.4 Å². The molecule has 3 aromatic heterocycles. The second-order valence-corrected chi connectivity index (χ2v) is 8.12. The lowest BCUT2D eigenvalue weighted by Crippen LogP contribution is -2.03. The van der Waals surface area contributed by atoms with E-state index in [2.05, 4.69) is 57.1 Å². The molecule has 6 rings (SSSR count). The van der Waals surface area contributed by atoms with Gasteiger partial charge in [0.15, 0.2) is 0 Å². The maximum absolute atomic E-state index is 5.45. The van der Waals surface area contributed by atoms with Gasteiger partial charge in [-0.1, -0.05) is 36.4 Å². The molecule has 0 N–H and O–H groups in total. The number of methoxy groups -OCH3 is 1. The molecule has 32 heavy (non-hydrogen) atoms. The van der Waals surface area contributed by atoms with E-state index in [0.717, 1.165) is 52.1 Å². The highest BCUT2D eigenvalue weighted by Crippen LogP contribution is 2.42. The monoisotopic (exact) mass is 418 g/mol. The molecule has 5 nitrogen and oxygen atoms in total. The molecule has 156 valence electrons. The number of pyridine rings is 2. The second kappa shape index (κ2) is 7.61. The molecule has 1 aliphatic heterocycles. The van der Waals surface area contributed by atoms with E-state index in [1.165, 1.54) is 11.3 Å². The maximum Gasteiger partial charge on any atom is 0.119 e. The predicted octanol–water partition coefficient (Wildman–Crippen LogP) is 5.51. The Labute approximate surface area is 186 Å². The number of nitrogens with zero attached hydrogens (tertiary/aromatic N) is 4. The summed E-state index contributed by atoms with van der Waals surface area (Å²) in [4.78, 5) is 9.19. The van der Waals surface area contributed by atoms with Gasteiger partial charge in [0, 0.05) is 41.5 Å². The second-order valence-electron chi connectivity index (χ2n) is 8.12. The number of hydrogen-bond donors (Lipinski definition) is 0. The number of rotatable bonds is 4. The van der Waals surface area contributed by atoms with Crippen LogP contribution in [0.1, 0.15) is 17.2 Å². The molecule has 0 saturated carbocycles. The van der Waals surface area contributed by atoms with Gasteiger partial charge in [-0.3, -0.25) is 14.6 Å². The summed E-state index contributed by atoms with van der Waals surface area (Å²) in [5, 5.41) is 6.20. The summed E-state index contributed by atoms with van der Waals surface area (Å²) < 4.78 is 7.62. The third kappa shape index (κ3) is 3.05. The average Bonchev–Trinajstić information content (AvgIpc) is 3.43. The number of hydrogen-bond acceptors (Lipinski definition) is 4. The van der Waals surface area contributed by atoms with Crippen LogP contribution in [0.5, 0.6) is 5.75 Å². The quantitative estimate of drug-likeness (QED) is 0.386. The molecular weight excluding hydrogens is 396 g/mol. The van der Waals surface area contributed by atoms with Crippen molar-refractivity contribution in [2.45, 2.75) is 18.9 Å². The van der Waals surface area contributed by atoms with Crippen molar-refractivity contribution in [1.82, 2.24) is 19.7 Å². The van der Waals surface area contributed by atoms with Crippen LogP contribution in [0, 0.1) is 0 Å². The van der Waals surface area contributed by atoms with Gasteiger partial charge in [-0.15, -0.1) is 0 Å². The summed E-state index contributed by atoms with van der Waals surface area (Å²) in [6.45, 7) is 0.839. The van der Waals surface area contributed by atoms with Crippen molar-refractivity contribution < 1.29 is 4.74 Å². The minimum atomic E-state index is 0.359. The molecule has 5 heteroatoms. The highest BCUT2D eigenvalue weighted by molar-refractivity contribution is 5.98. The van der Waals surface area contributed by atoms with Crippen molar-refractivity contribution in [3.63, 3.8) is 0 Å². The molecule has 5 aromatic rings. The Kier molecular flexibility index (Phi) is 4.46. The van der Waals surface area contributed by atoms with Crippen LogP contribution in [0.15, 0.2) is 85.2 Å². The maximum atomic E-state index is 5.45. The third-order valence-electron chi connectivity index (χ3n) is 6.28. The molecule has 1 unspecified atom stereocenters. The molecular formula is C27H22N4O. The van der Waals surface area contributed by atoms with Crippen molar-refractivity contribution in [1.29, 1.82) is 0 Å². The first kappa shape index (κ1) is 18.8. The standard InChI is InChI=1S/C27H22N4O/c1-32-20-8-6-7-18(15-20)19-16-25-26(22-12-14-29-23-10-3-2-9-21(22)23)27(30-31(25)17-19)24-11-4-5-13-28-24/h2-15,19H,16-17H2,1H3. The van der Waals surface area contributed by atoms with Crippen molar-refractivity contribution >= 4 is 10.9 Å². The largest absolute Gasteiger partial charge is 0.497 e. The first-order chi connectivity index (χ1) is 15.8.